The van der Waals surface area contributed by atoms with E-state index >= 15 is 0 Å². The quantitative estimate of drug-likeness (QED) is 0.161. The maximum atomic E-state index is 11.9. The van der Waals surface area contributed by atoms with Crippen molar-refractivity contribution in [2.24, 2.45) is 5.92 Å². The number of amides is 1. The lowest BCUT2D eigenvalue weighted by atomic mass is 9.89. The van der Waals surface area contributed by atoms with Crippen LogP contribution in [0.5, 0.6) is 0 Å². The van der Waals surface area contributed by atoms with Crippen LogP contribution in [0, 0.1) is 5.92 Å². The smallest absolute Gasteiger partial charge is 0.407 e. The Kier molecular flexibility index (Phi) is 11.9. The summed E-state index contributed by atoms with van der Waals surface area (Å²) in [6, 6.07) is 35.2. The van der Waals surface area contributed by atoms with Crippen molar-refractivity contribution in [1.29, 1.82) is 0 Å². The number of ether oxygens (including phenoxy) is 3. The van der Waals surface area contributed by atoms with Gasteiger partial charge in [-0.25, -0.2) is 4.79 Å². The zero-order valence-corrected chi connectivity index (χ0v) is 28.2. The predicted molar refractivity (Wildman–Crippen MR) is 191 cm³/mol. The Hall–Kier alpha value is -4.31. The molecule has 2 aliphatic heterocycles. The molecule has 2 N–H and O–H groups in total. The van der Waals surface area contributed by atoms with Crippen molar-refractivity contribution in [3.05, 3.63) is 144 Å². The summed E-state index contributed by atoms with van der Waals surface area (Å²) in [6.45, 7) is 12.2. The normalized spacial score (nSPS) is 21.6. The van der Waals surface area contributed by atoms with E-state index in [1.807, 2.05) is 30.3 Å². The number of alkyl carbamates (subject to hydrolysis) is 1. The Morgan fingerprint density at radius 3 is 2.27 bits per heavy atom. The second-order valence-corrected chi connectivity index (χ2v) is 13.0. The van der Waals surface area contributed by atoms with Crippen LogP contribution in [0.3, 0.4) is 0 Å². The van der Waals surface area contributed by atoms with Crippen molar-refractivity contribution in [3.8, 4) is 11.1 Å². The monoisotopic (exact) mass is 661 g/mol. The van der Waals surface area contributed by atoms with Crippen LogP contribution in [0.2, 0.25) is 0 Å². The van der Waals surface area contributed by atoms with Crippen molar-refractivity contribution in [3.63, 3.8) is 0 Å². The molecule has 49 heavy (non-hydrogen) atoms. The average molecular weight is 662 g/mol. The minimum atomic E-state index is -0.549. The van der Waals surface area contributed by atoms with Gasteiger partial charge >= 0.3 is 6.09 Å². The summed E-state index contributed by atoms with van der Waals surface area (Å²) >= 11 is 0. The molecule has 8 heteroatoms. The molecule has 4 atom stereocenters. The highest BCUT2D eigenvalue weighted by molar-refractivity contribution is 5.68. The van der Waals surface area contributed by atoms with Gasteiger partial charge in [0.05, 0.1) is 18.8 Å². The molecule has 4 aromatic rings. The molecule has 6 rings (SSSR count). The SMILES string of the molecule is C=CCOC(=O)NCc1cccc(-c2cccc([C@@H]3O[C@H](CN4CCN(Cc5ccccc5)CC4)[C@H](C)[C@H](c4ccc(CO)cc4)O3)c2)c1. The van der Waals surface area contributed by atoms with Gasteiger partial charge in [-0.3, -0.25) is 9.80 Å². The van der Waals surface area contributed by atoms with E-state index in [1.165, 1.54) is 5.56 Å². The topological polar surface area (TPSA) is 83.5 Å². The third-order valence-corrected chi connectivity index (χ3v) is 9.46. The van der Waals surface area contributed by atoms with E-state index in [9.17, 15) is 9.90 Å². The molecule has 8 nitrogen and oxygen atoms in total. The van der Waals surface area contributed by atoms with Crippen molar-refractivity contribution in [1.82, 2.24) is 15.1 Å². The largest absolute Gasteiger partial charge is 0.445 e. The van der Waals surface area contributed by atoms with E-state index in [4.69, 9.17) is 14.2 Å². The molecule has 2 heterocycles. The van der Waals surface area contributed by atoms with Gasteiger partial charge in [0, 0.05) is 57.3 Å². The van der Waals surface area contributed by atoms with Crippen LogP contribution in [0.1, 0.15) is 47.1 Å². The van der Waals surface area contributed by atoms with E-state index in [2.05, 4.69) is 101 Å². The molecule has 0 spiro atoms. The number of hydrogen-bond donors (Lipinski definition) is 2. The molecule has 0 saturated carbocycles. The molecule has 0 aromatic heterocycles. The Bertz CT molecular complexity index is 1660. The molecule has 0 radical (unpaired) electrons. The van der Waals surface area contributed by atoms with Gasteiger partial charge in [-0.15, -0.1) is 0 Å². The van der Waals surface area contributed by atoms with Crippen molar-refractivity contribution in [2.45, 2.75) is 45.1 Å². The highest BCUT2D eigenvalue weighted by Gasteiger charge is 2.39. The molecule has 2 fully saturated rings. The lowest BCUT2D eigenvalue weighted by Crippen LogP contribution is -2.51. The van der Waals surface area contributed by atoms with Gasteiger partial charge in [-0.2, -0.15) is 0 Å². The summed E-state index contributed by atoms with van der Waals surface area (Å²) in [5, 5.41) is 12.4. The van der Waals surface area contributed by atoms with Crippen LogP contribution in [-0.4, -0.2) is 66.4 Å². The Labute approximate surface area is 289 Å². The summed E-state index contributed by atoms with van der Waals surface area (Å²) in [7, 11) is 0. The molecule has 2 aliphatic rings. The molecule has 1 amide bonds. The Morgan fingerprint density at radius 1 is 0.837 bits per heavy atom. The van der Waals surface area contributed by atoms with Crippen LogP contribution in [-0.2, 0) is 33.9 Å². The fourth-order valence-electron chi connectivity index (χ4n) is 6.64. The first-order valence-electron chi connectivity index (χ1n) is 17.2. The highest BCUT2D eigenvalue weighted by atomic mass is 16.7. The molecule has 4 aromatic carbocycles. The standard InChI is InChI=1S/C41H47N3O5/c1-3-23-47-41(46)42-26-33-11-7-12-35(24-33)36-13-8-14-37(25-36)40-48-38(30(2)39(49-40)34-17-15-32(29-45)16-18-34)28-44-21-19-43(20-22-44)27-31-9-5-4-6-10-31/h3-18,24-25,30,38-40,45H,1,19-23,26-29H2,2H3,(H,42,46)/t30-,38+,39+,40+/m0/s1. The molecular formula is C41H47N3O5. The van der Waals surface area contributed by atoms with Crippen molar-refractivity contribution < 1.29 is 24.1 Å². The number of aliphatic hydroxyl groups excluding tert-OH is 1. The van der Waals surface area contributed by atoms with Gasteiger partial charge < -0.3 is 24.6 Å². The first-order chi connectivity index (χ1) is 24.0. The van der Waals surface area contributed by atoms with E-state index < -0.39 is 12.4 Å². The number of carbonyl (C=O) groups is 1. The van der Waals surface area contributed by atoms with E-state index in [0.717, 1.165) is 72.6 Å². The van der Waals surface area contributed by atoms with Gasteiger partial charge in [0.15, 0.2) is 6.29 Å². The minimum Gasteiger partial charge on any atom is -0.445 e. The first-order valence-corrected chi connectivity index (χ1v) is 17.2. The number of rotatable bonds is 12. The highest BCUT2D eigenvalue weighted by Crippen LogP contribution is 2.42. The zero-order valence-electron chi connectivity index (χ0n) is 28.2. The van der Waals surface area contributed by atoms with Crippen LogP contribution >= 0.6 is 0 Å². The lowest BCUT2D eigenvalue weighted by Gasteiger charge is -2.44. The van der Waals surface area contributed by atoms with E-state index in [1.54, 1.807) is 6.08 Å². The number of carbonyl (C=O) groups excluding carboxylic acids is 1. The number of aliphatic hydroxyl groups is 1. The molecule has 2 saturated heterocycles. The molecular weight excluding hydrogens is 614 g/mol. The summed E-state index contributed by atoms with van der Waals surface area (Å²) in [6.07, 6.45) is 0.305. The maximum Gasteiger partial charge on any atom is 0.407 e. The lowest BCUT2D eigenvalue weighted by molar-refractivity contribution is -0.276. The number of piperazine rings is 1. The molecule has 0 bridgehead atoms. The zero-order chi connectivity index (χ0) is 34.0. The summed E-state index contributed by atoms with van der Waals surface area (Å²) < 4.78 is 18.7. The number of hydrogen-bond acceptors (Lipinski definition) is 7. The van der Waals surface area contributed by atoms with Crippen LogP contribution in [0.25, 0.3) is 11.1 Å². The van der Waals surface area contributed by atoms with Gasteiger partial charge in [-0.05, 0) is 45.5 Å². The van der Waals surface area contributed by atoms with E-state index in [-0.39, 0.29) is 31.3 Å². The van der Waals surface area contributed by atoms with Crippen molar-refractivity contribution in [2.75, 3.05) is 39.3 Å². The van der Waals surface area contributed by atoms with Gasteiger partial charge in [0.2, 0.25) is 0 Å². The summed E-state index contributed by atoms with van der Waals surface area (Å²) in [5.41, 5.74) is 7.30. The summed E-state index contributed by atoms with van der Waals surface area (Å²) in [5.74, 6) is 0.115. The van der Waals surface area contributed by atoms with Gasteiger partial charge in [-0.1, -0.05) is 111 Å². The third-order valence-electron chi connectivity index (χ3n) is 9.46. The van der Waals surface area contributed by atoms with Crippen molar-refractivity contribution >= 4 is 6.09 Å². The predicted octanol–water partition coefficient (Wildman–Crippen LogP) is 6.87. The second-order valence-electron chi connectivity index (χ2n) is 13.0. The maximum absolute atomic E-state index is 11.9. The third kappa shape index (κ3) is 9.23. The Balaban J connectivity index is 1.17. The average Bonchev–Trinajstić information content (AvgIpc) is 3.15. The molecule has 0 aliphatic carbocycles. The number of nitrogens with zero attached hydrogens (tertiary/aromatic N) is 2. The number of nitrogens with one attached hydrogen (secondary N) is 1. The fraction of sp³-hybridized carbons (Fsp3) is 0.341. The first kappa shape index (κ1) is 34.5. The molecule has 256 valence electrons. The Morgan fingerprint density at radius 2 is 1.53 bits per heavy atom. The van der Waals surface area contributed by atoms with Crippen LogP contribution in [0.15, 0.2) is 116 Å². The molecule has 0 unspecified atom stereocenters. The number of benzene rings is 4. The fourth-order valence-corrected chi connectivity index (χ4v) is 6.64. The second kappa shape index (κ2) is 16.9. The van der Waals surface area contributed by atoms with Crippen LogP contribution < -0.4 is 5.32 Å². The summed E-state index contributed by atoms with van der Waals surface area (Å²) in [4.78, 5) is 17.0. The van der Waals surface area contributed by atoms with E-state index in [0.29, 0.717) is 6.54 Å². The van der Waals surface area contributed by atoms with Gasteiger partial charge in [0.1, 0.15) is 6.61 Å². The minimum absolute atomic E-state index is 0.00935. The van der Waals surface area contributed by atoms with Crippen LogP contribution in [0.4, 0.5) is 4.79 Å². The van der Waals surface area contributed by atoms with Gasteiger partial charge in [0.25, 0.3) is 0 Å².